The zero-order valence-electron chi connectivity index (χ0n) is 17.2. The number of hydrogen-bond acceptors (Lipinski definition) is 6. The summed E-state index contributed by atoms with van der Waals surface area (Å²) >= 11 is 0. The number of fused-ring (bicyclic) bond motifs is 1. The van der Waals surface area contributed by atoms with Crippen molar-refractivity contribution in [3.8, 4) is 6.07 Å². The lowest BCUT2D eigenvalue weighted by Crippen LogP contribution is -2.41. The highest BCUT2D eigenvalue weighted by Crippen LogP contribution is 2.21. The summed E-state index contributed by atoms with van der Waals surface area (Å²) in [7, 11) is 0. The van der Waals surface area contributed by atoms with E-state index in [0.29, 0.717) is 18.9 Å². The predicted molar refractivity (Wildman–Crippen MR) is 110 cm³/mol. The normalized spacial score (nSPS) is 13.8. The zero-order chi connectivity index (χ0) is 21.2. The molecule has 29 heavy (non-hydrogen) atoms. The van der Waals surface area contributed by atoms with Gasteiger partial charge in [0.05, 0.1) is 0 Å². The van der Waals surface area contributed by atoms with Crippen LogP contribution in [0, 0.1) is 18.3 Å². The van der Waals surface area contributed by atoms with Crippen molar-refractivity contribution in [2.75, 3.05) is 23.4 Å². The number of anilines is 1. The molecule has 0 fully saturated rings. The number of ether oxygens (including phenoxy) is 1. The molecule has 0 saturated heterocycles. The number of hydrogen-bond donors (Lipinski definition) is 1. The first-order chi connectivity index (χ1) is 13.7. The minimum atomic E-state index is -0.786. The van der Waals surface area contributed by atoms with Crippen LogP contribution in [0.3, 0.4) is 0 Å². The zero-order valence-corrected chi connectivity index (χ0v) is 17.2. The highest BCUT2D eigenvalue weighted by Gasteiger charge is 2.24. The van der Waals surface area contributed by atoms with E-state index in [1.165, 1.54) is 11.1 Å². The Hall–Kier alpha value is -3.34. The van der Waals surface area contributed by atoms with Crippen LogP contribution in [0.2, 0.25) is 0 Å². The van der Waals surface area contributed by atoms with Gasteiger partial charge in [0, 0.05) is 13.1 Å². The molecule has 0 bridgehead atoms. The molecule has 1 amide bonds. The molecule has 1 N–H and O–H groups in total. The maximum absolute atomic E-state index is 12.9. The standard InChI is InChI=1S/C21H25N5O3/c1-14-23-18(25-11-9-15-7-5-6-8-16(15)10-12-25)17(13-22)19(27)26(14)24-20(28)29-21(2,3)4/h5-8H,9-12H2,1-4H3,(H,24,28). The first-order valence-electron chi connectivity index (χ1n) is 9.55. The summed E-state index contributed by atoms with van der Waals surface area (Å²) in [4.78, 5) is 31.4. The number of nitrogens with zero attached hydrogens (tertiary/aromatic N) is 4. The molecule has 0 atom stereocenters. The molecule has 2 aromatic rings. The molecule has 8 nitrogen and oxygen atoms in total. The molecule has 1 aromatic heterocycles. The number of carbonyl (C=O) groups excluding carboxylic acids is 1. The van der Waals surface area contributed by atoms with E-state index in [4.69, 9.17) is 4.74 Å². The Morgan fingerprint density at radius 2 is 1.79 bits per heavy atom. The lowest BCUT2D eigenvalue weighted by Gasteiger charge is -2.24. The summed E-state index contributed by atoms with van der Waals surface area (Å²) < 4.78 is 6.15. The van der Waals surface area contributed by atoms with E-state index in [-0.39, 0.29) is 11.4 Å². The molecule has 1 aliphatic rings. The van der Waals surface area contributed by atoms with Crippen molar-refractivity contribution < 1.29 is 9.53 Å². The van der Waals surface area contributed by atoms with Gasteiger partial charge in [-0.2, -0.15) is 9.94 Å². The van der Waals surface area contributed by atoms with Gasteiger partial charge in [0.1, 0.15) is 17.5 Å². The maximum atomic E-state index is 12.9. The summed E-state index contributed by atoms with van der Waals surface area (Å²) in [6.45, 7) is 8.09. The van der Waals surface area contributed by atoms with E-state index in [1.54, 1.807) is 27.7 Å². The molecule has 1 aliphatic heterocycles. The van der Waals surface area contributed by atoms with Gasteiger partial charge in [-0.3, -0.25) is 4.79 Å². The highest BCUT2D eigenvalue weighted by molar-refractivity contribution is 5.76. The molecule has 2 heterocycles. The van der Waals surface area contributed by atoms with Gasteiger partial charge in [0.2, 0.25) is 0 Å². The van der Waals surface area contributed by atoms with Crippen LogP contribution in [0.5, 0.6) is 0 Å². The van der Waals surface area contributed by atoms with Crippen molar-refractivity contribution in [2.24, 2.45) is 0 Å². The van der Waals surface area contributed by atoms with Gasteiger partial charge in [0.15, 0.2) is 11.4 Å². The minimum absolute atomic E-state index is 0.0994. The van der Waals surface area contributed by atoms with E-state index in [1.807, 2.05) is 23.1 Å². The van der Waals surface area contributed by atoms with Gasteiger partial charge in [-0.05, 0) is 51.7 Å². The SMILES string of the molecule is Cc1nc(N2CCc3ccccc3CC2)c(C#N)c(=O)n1NC(=O)OC(C)(C)C. The third-order valence-electron chi connectivity index (χ3n) is 4.67. The second-order valence-electron chi connectivity index (χ2n) is 7.98. The fourth-order valence-corrected chi connectivity index (χ4v) is 3.34. The van der Waals surface area contributed by atoms with Crippen molar-refractivity contribution in [1.29, 1.82) is 5.26 Å². The first-order valence-corrected chi connectivity index (χ1v) is 9.55. The molecule has 0 radical (unpaired) electrons. The third-order valence-corrected chi connectivity index (χ3v) is 4.67. The molecule has 0 unspecified atom stereocenters. The Labute approximate surface area is 169 Å². The second kappa shape index (κ2) is 7.95. The van der Waals surface area contributed by atoms with Crippen molar-refractivity contribution in [2.45, 2.75) is 46.1 Å². The Kier molecular flexibility index (Phi) is 5.59. The summed E-state index contributed by atoms with van der Waals surface area (Å²) in [5.74, 6) is 0.627. The Bertz CT molecular complexity index is 1000. The van der Waals surface area contributed by atoms with E-state index < -0.39 is 17.3 Å². The fraction of sp³-hybridized carbons (Fsp3) is 0.429. The van der Waals surface area contributed by atoms with Gasteiger partial charge in [-0.15, -0.1) is 0 Å². The lowest BCUT2D eigenvalue weighted by atomic mass is 10.0. The van der Waals surface area contributed by atoms with Crippen LogP contribution in [-0.2, 0) is 17.6 Å². The average Bonchev–Trinajstić information content (AvgIpc) is 2.86. The summed E-state index contributed by atoms with van der Waals surface area (Å²) in [5, 5.41) is 9.64. The minimum Gasteiger partial charge on any atom is -0.443 e. The molecule has 8 heteroatoms. The number of benzene rings is 1. The number of carbonyl (C=O) groups is 1. The number of aryl methyl sites for hydroxylation is 1. The van der Waals surface area contributed by atoms with Crippen molar-refractivity contribution >= 4 is 11.9 Å². The molecule has 152 valence electrons. The number of nitrogens with one attached hydrogen (secondary N) is 1. The molecular formula is C21H25N5O3. The largest absolute Gasteiger partial charge is 0.443 e. The van der Waals surface area contributed by atoms with E-state index in [2.05, 4.69) is 22.5 Å². The molecule has 0 spiro atoms. The van der Waals surface area contributed by atoms with Crippen LogP contribution in [-0.4, -0.2) is 34.4 Å². The molecule has 0 saturated carbocycles. The van der Waals surface area contributed by atoms with E-state index in [9.17, 15) is 14.9 Å². The fourth-order valence-electron chi connectivity index (χ4n) is 3.34. The van der Waals surface area contributed by atoms with E-state index >= 15 is 0 Å². The molecular weight excluding hydrogens is 370 g/mol. The summed E-state index contributed by atoms with van der Waals surface area (Å²) in [5.41, 5.74) is 3.48. The monoisotopic (exact) mass is 395 g/mol. The Morgan fingerprint density at radius 3 is 2.31 bits per heavy atom. The summed E-state index contributed by atoms with van der Waals surface area (Å²) in [6.07, 6.45) is 0.827. The van der Waals surface area contributed by atoms with Crippen LogP contribution >= 0.6 is 0 Å². The number of aromatic nitrogens is 2. The van der Waals surface area contributed by atoms with Crippen LogP contribution < -0.4 is 15.9 Å². The highest BCUT2D eigenvalue weighted by atomic mass is 16.6. The van der Waals surface area contributed by atoms with Crippen molar-refractivity contribution in [3.63, 3.8) is 0 Å². The molecule has 1 aromatic carbocycles. The quantitative estimate of drug-likeness (QED) is 0.839. The molecule has 0 aliphatic carbocycles. The van der Waals surface area contributed by atoms with Gasteiger partial charge in [0.25, 0.3) is 5.56 Å². The number of amides is 1. The van der Waals surface area contributed by atoms with Gasteiger partial charge in [-0.25, -0.2) is 15.2 Å². The Balaban J connectivity index is 1.91. The molecule has 3 rings (SSSR count). The lowest BCUT2D eigenvalue weighted by molar-refractivity contribution is 0.0611. The second-order valence-corrected chi connectivity index (χ2v) is 7.98. The summed E-state index contributed by atoms with van der Waals surface area (Å²) in [6, 6.07) is 10.2. The van der Waals surface area contributed by atoms with Crippen molar-refractivity contribution in [1.82, 2.24) is 9.66 Å². The van der Waals surface area contributed by atoms with Gasteiger partial charge < -0.3 is 9.64 Å². The van der Waals surface area contributed by atoms with Crippen LogP contribution in [0.15, 0.2) is 29.1 Å². The first kappa shape index (κ1) is 20.4. The topological polar surface area (TPSA) is 100 Å². The van der Waals surface area contributed by atoms with E-state index in [0.717, 1.165) is 17.5 Å². The predicted octanol–water partition coefficient (Wildman–Crippen LogP) is 2.51. The smallest absolute Gasteiger partial charge is 0.427 e. The number of rotatable bonds is 2. The average molecular weight is 395 g/mol. The Morgan fingerprint density at radius 1 is 1.21 bits per heavy atom. The van der Waals surface area contributed by atoms with Crippen LogP contribution in [0.25, 0.3) is 0 Å². The van der Waals surface area contributed by atoms with Gasteiger partial charge >= 0.3 is 6.09 Å². The van der Waals surface area contributed by atoms with Crippen molar-refractivity contribution in [3.05, 3.63) is 57.1 Å². The third kappa shape index (κ3) is 4.57. The number of nitriles is 1. The van der Waals surface area contributed by atoms with Crippen LogP contribution in [0.4, 0.5) is 10.6 Å². The van der Waals surface area contributed by atoms with Gasteiger partial charge in [-0.1, -0.05) is 24.3 Å². The maximum Gasteiger partial charge on any atom is 0.427 e. The van der Waals surface area contributed by atoms with Crippen LogP contribution in [0.1, 0.15) is 43.3 Å².